The van der Waals surface area contributed by atoms with Crippen molar-refractivity contribution in [2.75, 3.05) is 6.54 Å². The molecule has 84 valence electrons. The maximum atomic E-state index is 11.6. The highest BCUT2D eigenvalue weighted by Crippen LogP contribution is 2.19. The third-order valence-electron chi connectivity index (χ3n) is 2.68. The molecule has 1 unspecified atom stereocenters. The Morgan fingerprint density at radius 3 is 2.43 bits per heavy atom. The van der Waals surface area contributed by atoms with Gasteiger partial charge in [0.15, 0.2) is 0 Å². The van der Waals surface area contributed by atoms with Gasteiger partial charge in [0, 0.05) is 18.0 Å². The maximum absolute atomic E-state index is 11.6. The molecular weight excluding hydrogens is 176 g/mol. The number of nitrogens with two attached hydrogens (primary N) is 1. The highest BCUT2D eigenvalue weighted by atomic mass is 16.2. The van der Waals surface area contributed by atoms with Crippen LogP contribution in [0.3, 0.4) is 0 Å². The number of hydrogen-bond donors (Lipinski definition) is 2. The summed E-state index contributed by atoms with van der Waals surface area (Å²) in [5, 5.41) is 2.89. The first-order chi connectivity index (χ1) is 6.44. The Kier molecular flexibility index (Phi) is 5.77. The van der Waals surface area contributed by atoms with Gasteiger partial charge >= 0.3 is 0 Å². The molecule has 0 aliphatic rings. The Morgan fingerprint density at radius 2 is 2.00 bits per heavy atom. The van der Waals surface area contributed by atoms with Gasteiger partial charge in [-0.1, -0.05) is 34.1 Å². The Balaban J connectivity index is 3.85. The molecule has 0 fully saturated rings. The van der Waals surface area contributed by atoms with Crippen molar-refractivity contribution in [3.8, 4) is 0 Å². The summed E-state index contributed by atoms with van der Waals surface area (Å²) >= 11 is 0. The highest BCUT2D eigenvalue weighted by molar-refractivity contribution is 5.81. The Labute approximate surface area is 87.4 Å². The van der Waals surface area contributed by atoms with Crippen LogP contribution in [0.1, 0.15) is 47.0 Å². The standard InChI is InChI=1S/C11H24N2O/c1-5-7-9(12)8-13-10(14)11(3,4)6-2/h9H,5-8,12H2,1-4H3,(H,13,14). The summed E-state index contributed by atoms with van der Waals surface area (Å²) in [4.78, 5) is 11.6. The van der Waals surface area contributed by atoms with Crippen LogP contribution in [0.25, 0.3) is 0 Å². The number of amides is 1. The van der Waals surface area contributed by atoms with Gasteiger partial charge < -0.3 is 11.1 Å². The first-order valence-electron chi connectivity index (χ1n) is 5.48. The lowest BCUT2D eigenvalue weighted by Gasteiger charge is -2.22. The van der Waals surface area contributed by atoms with Crippen molar-refractivity contribution in [3.05, 3.63) is 0 Å². The van der Waals surface area contributed by atoms with Crippen molar-refractivity contribution in [2.45, 2.75) is 53.0 Å². The van der Waals surface area contributed by atoms with Gasteiger partial charge in [-0.25, -0.2) is 0 Å². The highest BCUT2D eigenvalue weighted by Gasteiger charge is 2.24. The van der Waals surface area contributed by atoms with Crippen LogP contribution in [-0.2, 0) is 4.79 Å². The molecule has 0 heterocycles. The molecule has 0 rings (SSSR count). The molecule has 3 heteroatoms. The number of nitrogens with one attached hydrogen (secondary N) is 1. The minimum Gasteiger partial charge on any atom is -0.354 e. The van der Waals surface area contributed by atoms with Crippen LogP contribution in [0.2, 0.25) is 0 Å². The summed E-state index contributed by atoms with van der Waals surface area (Å²) < 4.78 is 0. The van der Waals surface area contributed by atoms with Gasteiger partial charge in [-0.05, 0) is 12.8 Å². The summed E-state index contributed by atoms with van der Waals surface area (Å²) in [6.45, 7) is 8.61. The molecule has 0 saturated carbocycles. The quantitative estimate of drug-likeness (QED) is 0.685. The van der Waals surface area contributed by atoms with Crippen molar-refractivity contribution < 1.29 is 4.79 Å². The fraction of sp³-hybridized carbons (Fsp3) is 0.909. The monoisotopic (exact) mass is 200 g/mol. The Morgan fingerprint density at radius 1 is 1.43 bits per heavy atom. The SMILES string of the molecule is CCCC(N)CNC(=O)C(C)(C)CC. The van der Waals surface area contributed by atoms with Gasteiger partial charge in [-0.2, -0.15) is 0 Å². The minimum atomic E-state index is -0.272. The molecule has 3 nitrogen and oxygen atoms in total. The summed E-state index contributed by atoms with van der Waals surface area (Å²) in [6, 6.07) is 0.0941. The molecule has 0 aliphatic carbocycles. The number of carbonyl (C=O) groups excluding carboxylic acids is 1. The lowest BCUT2D eigenvalue weighted by atomic mass is 9.89. The fourth-order valence-electron chi connectivity index (χ4n) is 1.10. The van der Waals surface area contributed by atoms with Crippen molar-refractivity contribution in [3.63, 3.8) is 0 Å². The first kappa shape index (κ1) is 13.4. The molecule has 0 aromatic carbocycles. The predicted octanol–water partition coefficient (Wildman–Crippen LogP) is 1.67. The van der Waals surface area contributed by atoms with Crippen LogP contribution in [-0.4, -0.2) is 18.5 Å². The van der Waals surface area contributed by atoms with E-state index in [9.17, 15) is 4.79 Å². The van der Waals surface area contributed by atoms with Gasteiger partial charge in [0.05, 0.1) is 0 Å². The topological polar surface area (TPSA) is 55.1 Å². The predicted molar refractivity (Wildman–Crippen MR) is 60.0 cm³/mol. The zero-order chi connectivity index (χ0) is 11.2. The molecule has 0 bridgehead atoms. The van der Waals surface area contributed by atoms with Gasteiger partial charge in [0.1, 0.15) is 0 Å². The summed E-state index contributed by atoms with van der Waals surface area (Å²) in [6.07, 6.45) is 2.88. The van der Waals surface area contributed by atoms with E-state index >= 15 is 0 Å². The van der Waals surface area contributed by atoms with Gasteiger partial charge in [0.25, 0.3) is 0 Å². The average molecular weight is 200 g/mol. The van der Waals surface area contributed by atoms with E-state index in [4.69, 9.17) is 5.73 Å². The molecule has 0 spiro atoms. The van der Waals surface area contributed by atoms with E-state index in [1.807, 2.05) is 20.8 Å². The maximum Gasteiger partial charge on any atom is 0.225 e. The third kappa shape index (κ3) is 4.61. The van der Waals surface area contributed by atoms with E-state index < -0.39 is 0 Å². The van der Waals surface area contributed by atoms with Crippen LogP contribution in [0.4, 0.5) is 0 Å². The Bertz CT molecular complexity index is 178. The largest absolute Gasteiger partial charge is 0.354 e. The summed E-state index contributed by atoms with van der Waals surface area (Å²) in [5.74, 6) is 0.103. The van der Waals surface area contributed by atoms with Crippen molar-refractivity contribution in [1.82, 2.24) is 5.32 Å². The van der Waals surface area contributed by atoms with E-state index in [-0.39, 0.29) is 17.4 Å². The summed E-state index contributed by atoms with van der Waals surface area (Å²) in [7, 11) is 0. The van der Waals surface area contributed by atoms with Crippen LogP contribution in [0.5, 0.6) is 0 Å². The normalized spacial score (nSPS) is 13.8. The van der Waals surface area contributed by atoms with Crippen LogP contribution in [0, 0.1) is 5.41 Å². The van der Waals surface area contributed by atoms with E-state index in [1.54, 1.807) is 0 Å². The van der Waals surface area contributed by atoms with Crippen LogP contribution in [0.15, 0.2) is 0 Å². The third-order valence-corrected chi connectivity index (χ3v) is 2.68. The second-order valence-electron chi connectivity index (χ2n) is 4.50. The fourth-order valence-corrected chi connectivity index (χ4v) is 1.10. The second kappa shape index (κ2) is 6.02. The molecule has 0 radical (unpaired) electrons. The van der Waals surface area contributed by atoms with Gasteiger partial charge in [-0.15, -0.1) is 0 Å². The van der Waals surface area contributed by atoms with Crippen LogP contribution >= 0.6 is 0 Å². The molecule has 14 heavy (non-hydrogen) atoms. The first-order valence-corrected chi connectivity index (χ1v) is 5.48. The molecule has 0 saturated heterocycles. The summed E-state index contributed by atoms with van der Waals surface area (Å²) in [5.41, 5.74) is 5.53. The molecule has 0 aromatic rings. The second-order valence-corrected chi connectivity index (χ2v) is 4.50. The van der Waals surface area contributed by atoms with E-state index in [1.165, 1.54) is 0 Å². The molecular formula is C11H24N2O. The minimum absolute atomic E-state index is 0.0941. The lowest BCUT2D eigenvalue weighted by Crippen LogP contribution is -2.42. The van der Waals surface area contributed by atoms with Crippen LogP contribution < -0.4 is 11.1 Å². The average Bonchev–Trinajstić information content (AvgIpc) is 2.14. The molecule has 3 N–H and O–H groups in total. The number of rotatable bonds is 6. The molecule has 0 aliphatic heterocycles. The van der Waals surface area contributed by atoms with Gasteiger partial charge in [0.2, 0.25) is 5.91 Å². The molecule has 0 aromatic heterocycles. The zero-order valence-electron chi connectivity index (χ0n) is 9.89. The number of carbonyl (C=O) groups is 1. The molecule has 1 atom stereocenters. The van der Waals surface area contributed by atoms with E-state index in [0.717, 1.165) is 19.3 Å². The number of hydrogen-bond acceptors (Lipinski definition) is 2. The smallest absolute Gasteiger partial charge is 0.225 e. The van der Waals surface area contributed by atoms with Crippen molar-refractivity contribution >= 4 is 5.91 Å². The van der Waals surface area contributed by atoms with Crippen molar-refractivity contribution in [2.24, 2.45) is 11.1 Å². The molecule has 1 amide bonds. The zero-order valence-corrected chi connectivity index (χ0v) is 9.89. The van der Waals surface area contributed by atoms with Crippen molar-refractivity contribution in [1.29, 1.82) is 0 Å². The van der Waals surface area contributed by atoms with Gasteiger partial charge in [-0.3, -0.25) is 4.79 Å². The van der Waals surface area contributed by atoms with E-state index in [0.29, 0.717) is 6.54 Å². The Hall–Kier alpha value is -0.570. The lowest BCUT2D eigenvalue weighted by molar-refractivity contribution is -0.129. The van der Waals surface area contributed by atoms with E-state index in [2.05, 4.69) is 12.2 Å².